The van der Waals surface area contributed by atoms with Crippen molar-refractivity contribution < 1.29 is 24.1 Å². The standard InChI is InChI=1S/C40H39FN8O2.C10H14O2/c1-2-28-5-3-6-29-7-4-8-33(35(28)29)37-36(41)38-34(20-42-37)39(49-16-15-48-24-32(48)25-49)44-40(43-38)51-18-17-45-11-13-46(14-12-45)21-27-9-10-30-22-47(26-50)23-31(30)19-27;1-6(2)8-4-7(3)9(11)5-10(8)12/h1,3-10,19-20,26,32H,11-18,21-25H2;4-6,11-12H,1-3H3. The number of phenols is 2. The van der Waals surface area contributed by atoms with Gasteiger partial charge in [0.1, 0.15) is 35.1 Å². The fraction of sp³-hybridized carbons (Fsp3) is 0.360. The van der Waals surface area contributed by atoms with Gasteiger partial charge in [-0.2, -0.15) is 9.97 Å². The predicted octanol–water partition coefficient (Wildman–Crippen LogP) is 6.67. The lowest BCUT2D eigenvalue weighted by molar-refractivity contribution is -0.118. The second-order valence-corrected chi connectivity index (χ2v) is 17.4. The third-order valence-electron chi connectivity index (χ3n) is 12.8. The Balaban J connectivity index is 0.000000366. The number of hydrogen-bond donors (Lipinski definition) is 2. The van der Waals surface area contributed by atoms with Gasteiger partial charge >= 0.3 is 6.01 Å². The van der Waals surface area contributed by atoms with E-state index in [1.54, 1.807) is 11.1 Å². The van der Waals surface area contributed by atoms with Gasteiger partial charge in [0.25, 0.3) is 0 Å². The molecule has 12 nitrogen and oxygen atoms in total. The van der Waals surface area contributed by atoms with Crippen molar-refractivity contribution in [2.45, 2.75) is 52.4 Å². The minimum atomic E-state index is -0.508. The number of phenolic OH excluding ortho intramolecular Hbond substituents is 2. The molecule has 3 saturated heterocycles. The van der Waals surface area contributed by atoms with Crippen LogP contribution in [0.1, 0.15) is 53.1 Å². The first-order chi connectivity index (χ1) is 30.6. The normalized spacial score (nSPS) is 18.5. The molecule has 0 radical (unpaired) electrons. The fourth-order valence-corrected chi connectivity index (χ4v) is 9.14. The summed E-state index contributed by atoms with van der Waals surface area (Å²) in [6.07, 6.45) is 8.49. The van der Waals surface area contributed by atoms with Gasteiger partial charge in [0.05, 0.1) is 5.39 Å². The summed E-state index contributed by atoms with van der Waals surface area (Å²) < 4.78 is 22.9. The number of hydrogen-bond acceptors (Lipinski definition) is 11. The van der Waals surface area contributed by atoms with Crippen molar-refractivity contribution in [2.75, 3.05) is 70.4 Å². The topological polar surface area (TPSA) is 121 Å². The van der Waals surface area contributed by atoms with Crippen molar-refractivity contribution >= 4 is 33.9 Å². The molecule has 13 heteroatoms. The van der Waals surface area contributed by atoms with Gasteiger partial charge in [-0.15, -0.1) is 6.42 Å². The Bertz CT molecular complexity index is 2730. The van der Waals surface area contributed by atoms with E-state index in [1.807, 2.05) is 63.2 Å². The zero-order valence-electron chi connectivity index (χ0n) is 36.1. The molecule has 6 aromatic rings. The van der Waals surface area contributed by atoms with Crippen LogP contribution < -0.4 is 9.64 Å². The number of terminal acetylenes is 1. The van der Waals surface area contributed by atoms with Crippen molar-refractivity contribution in [3.05, 3.63) is 112 Å². The Labute approximate surface area is 367 Å². The first-order valence-corrected chi connectivity index (χ1v) is 21.8. The van der Waals surface area contributed by atoms with E-state index in [0.717, 1.165) is 93.8 Å². The van der Waals surface area contributed by atoms with E-state index in [9.17, 15) is 15.0 Å². The fourth-order valence-electron chi connectivity index (χ4n) is 9.14. The maximum atomic E-state index is 16.7. The summed E-state index contributed by atoms with van der Waals surface area (Å²) in [5.41, 5.74) is 7.20. The number of fused-ring (bicyclic) bond motifs is 4. The number of aromatic nitrogens is 3. The number of amides is 1. The molecule has 6 heterocycles. The quantitative estimate of drug-likeness (QED) is 0.0875. The third-order valence-corrected chi connectivity index (χ3v) is 12.8. The first-order valence-electron chi connectivity index (χ1n) is 21.8. The number of aryl methyl sites for hydroxylation is 1. The summed E-state index contributed by atoms with van der Waals surface area (Å²) in [6.45, 7) is 16.7. The van der Waals surface area contributed by atoms with Gasteiger partial charge in [-0.3, -0.25) is 24.5 Å². The van der Waals surface area contributed by atoms with Gasteiger partial charge in [0, 0.05) is 113 Å². The SMILES string of the molecule is C#Cc1cccc2cccc(-c3ncc4c(N5CCN6CC6C5)nc(OCCN5CCN(Cc6ccc7c(c6)CN(C=O)C7)CC5)nc4c3F)c12.Cc1cc(C(C)C)c(O)cc1O. The number of nitrogens with zero attached hydrogens (tertiary/aromatic N) is 8. The Morgan fingerprint density at radius 3 is 2.46 bits per heavy atom. The summed E-state index contributed by atoms with van der Waals surface area (Å²) in [7, 11) is 0. The molecule has 324 valence electrons. The number of aromatic hydroxyl groups is 2. The van der Waals surface area contributed by atoms with Gasteiger partial charge in [-0.05, 0) is 58.2 Å². The van der Waals surface area contributed by atoms with Crippen LogP contribution in [0.15, 0.2) is 72.9 Å². The third kappa shape index (κ3) is 8.84. The molecule has 63 heavy (non-hydrogen) atoms. The molecule has 3 fully saturated rings. The highest BCUT2D eigenvalue weighted by Gasteiger charge is 2.40. The van der Waals surface area contributed by atoms with Crippen LogP contribution >= 0.6 is 0 Å². The van der Waals surface area contributed by atoms with Crippen molar-refractivity contribution in [1.29, 1.82) is 0 Å². The molecule has 4 aliphatic rings. The minimum absolute atomic E-state index is 0.150. The number of carbonyl (C=O) groups excluding carboxylic acids is 1. The van der Waals surface area contributed by atoms with Gasteiger partial charge in [0.15, 0.2) is 5.82 Å². The first kappa shape index (κ1) is 42.0. The molecule has 10 rings (SSSR count). The van der Waals surface area contributed by atoms with Gasteiger partial charge in [-0.25, -0.2) is 4.39 Å². The molecule has 0 bridgehead atoms. The zero-order chi connectivity index (χ0) is 43.8. The Hall–Kier alpha value is -6.33. The summed E-state index contributed by atoms with van der Waals surface area (Å²) in [5, 5.41) is 21.0. The lowest BCUT2D eigenvalue weighted by Crippen LogP contribution is -2.47. The van der Waals surface area contributed by atoms with Crippen LogP contribution in [-0.4, -0.2) is 123 Å². The molecule has 1 amide bonds. The molecule has 4 aliphatic heterocycles. The number of anilines is 1. The highest BCUT2D eigenvalue weighted by molar-refractivity contribution is 6.02. The lowest BCUT2D eigenvalue weighted by atomic mass is 9.97. The molecule has 2 unspecified atom stereocenters. The average Bonchev–Trinajstić information content (AvgIpc) is 3.96. The Morgan fingerprint density at radius 2 is 1.70 bits per heavy atom. The van der Waals surface area contributed by atoms with Crippen LogP contribution in [0.5, 0.6) is 17.5 Å². The second-order valence-electron chi connectivity index (χ2n) is 17.4. The second kappa shape index (κ2) is 17.8. The molecular weight excluding hydrogens is 796 g/mol. The van der Waals surface area contributed by atoms with E-state index in [2.05, 4.69) is 53.7 Å². The lowest BCUT2D eigenvalue weighted by Gasteiger charge is -2.34. The minimum Gasteiger partial charge on any atom is -0.508 e. The molecule has 2 atom stereocenters. The predicted molar refractivity (Wildman–Crippen MR) is 243 cm³/mol. The van der Waals surface area contributed by atoms with E-state index in [0.29, 0.717) is 48.1 Å². The van der Waals surface area contributed by atoms with Crippen molar-refractivity contribution in [2.24, 2.45) is 0 Å². The molecule has 0 saturated carbocycles. The summed E-state index contributed by atoms with van der Waals surface area (Å²) in [4.78, 5) is 36.7. The number of pyridine rings is 1. The number of piperazine rings is 2. The van der Waals surface area contributed by atoms with Gasteiger partial charge < -0.3 is 24.7 Å². The number of carbonyl (C=O) groups is 1. The van der Waals surface area contributed by atoms with Gasteiger partial charge in [-0.1, -0.05) is 68.3 Å². The van der Waals surface area contributed by atoms with E-state index in [4.69, 9.17) is 16.1 Å². The van der Waals surface area contributed by atoms with E-state index < -0.39 is 5.82 Å². The zero-order valence-corrected chi connectivity index (χ0v) is 36.1. The number of benzene rings is 4. The molecule has 2 aromatic heterocycles. The van der Waals surface area contributed by atoms with E-state index >= 15 is 4.39 Å². The summed E-state index contributed by atoms with van der Waals surface area (Å²) in [5.74, 6) is 3.52. The van der Waals surface area contributed by atoms with E-state index in [1.165, 1.54) is 22.8 Å². The van der Waals surface area contributed by atoms with Crippen LogP contribution in [0.4, 0.5) is 10.2 Å². The molecule has 2 N–H and O–H groups in total. The molecule has 0 aliphatic carbocycles. The van der Waals surface area contributed by atoms with Crippen molar-refractivity contribution in [3.63, 3.8) is 0 Å². The number of halogens is 1. The van der Waals surface area contributed by atoms with E-state index in [-0.39, 0.29) is 34.6 Å². The van der Waals surface area contributed by atoms with Crippen LogP contribution in [0.2, 0.25) is 0 Å². The van der Waals surface area contributed by atoms with Crippen LogP contribution in [0.25, 0.3) is 32.9 Å². The number of ether oxygens (including phenoxy) is 1. The van der Waals surface area contributed by atoms with Crippen LogP contribution in [0.3, 0.4) is 0 Å². The largest absolute Gasteiger partial charge is 0.508 e. The van der Waals surface area contributed by atoms with Crippen molar-refractivity contribution in [3.8, 4) is 41.1 Å². The summed E-state index contributed by atoms with van der Waals surface area (Å²) >= 11 is 0. The van der Waals surface area contributed by atoms with Crippen LogP contribution in [-0.2, 0) is 24.4 Å². The smallest absolute Gasteiger partial charge is 0.319 e. The Morgan fingerprint density at radius 1 is 0.921 bits per heavy atom. The highest BCUT2D eigenvalue weighted by Crippen LogP contribution is 2.37. The van der Waals surface area contributed by atoms with Crippen molar-refractivity contribution in [1.82, 2.24) is 34.6 Å². The Kier molecular flexibility index (Phi) is 11.9. The average molecular weight is 849 g/mol. The molecule has 4 aromatic carbocycles. The maximum absolute atomic E-state index is 16.7. The number of rotatable bonds is 10. The van der Waals surface area contributed by atoms with Crippen LogP contribution in [0, 0.1) is 25.1 Å². The molecule has 0 spiro atoms. The molecular formula is C50H53FN8O4. The monoisotopic (exact) mass is 848 g/mol. The van der Waals surface area contributed by atoms with Gasteiger partial charge in [0.2, 0.25) is 6.41 Å². The highest BCUT2D eigenvalue weighted by atomic mass is 19.1. The summed E-state index contributed by atoms with van der Waals surface area (Å²) in [6, 6.07) is 22.0. The maximum Gasteiger partial charge on any atom is 0.319 e.